The number of hydrogen-bond acceptors (Lipinski definition) is 3. The van der Waals surface area contributed by atoms with Crippen LogP contribution >= 0.6 is 0 Å². The van der Waals surface area contributed by atoms with Crippen molar-refractivity contribution in [2.24, 2.45) is 0 Å². The molecule has 0 saturated carbocycles. The Balaban J connectivity index is 1.63. The van der Waals surface area contributed by atoms with Crippen molar-refractivity contribution < 1.29 is 9.53 Å². The number of likely N-dealkylation sites (N-methyl/N-ethyl adjacent to an activating group) is 1. The van der Waals surface area contributed by atoms with E-state index in [0.29, 0.717) is 6.42 Å². The number of ether oxygens (including phenoxy) is 1. The molecule has 0 aliphatic carbocycles. The van der Waals surface area contributed by atoms with Crippen LogP contribution in [0.5, 0.6) is 5.75 Å². The van der Waals surface area contributed by atoms with Crippen LogP contribution in [-0.4, -0.2) is 43.1 Å². The lowest BCUT2D eigenvalue weighted by Crippen LogP contribution is -2.15. The molecule has 0 amide bonds. The number of unbranched alkanes of at least 4 members (excludes halogenated alkanes) is 14. The van der Waals surface area contributed by atoms with E-state index in [1.807, 2.05) is 16.7 Å². The van der Waals surface area contributed by atoms with Crippen molar-refractivity contribution in [3.8, 4) is 5.75 Å². The fraction of sp³-hybridized carbons (Fsp3) is 0.710. The lowest BCUT2D eigenvalue weighted by atomic mass is 10.0. The first kappa shape index (κ1) is 29.4. The summed E-state index contributed by atoms with van der Waals surface area (Å²) >= 11 is 0. The molecule has 0 aliphatic rings. The van der Waals surface area contributed by atoms with Gasteiger partial charge >= 0.3 is 0 Å². The van der Waals surface area contributed by atoms with E-state index in [4.69, 9.17) is 4.74 Å². The number of carbonyl (C=O) groups is 1. The normalized spacial score (nSPS) is 11.6. The van der Waals surface area contributed by atoms with Crippen LogP contribution in [0.15, 0.2) is 24.4 Å². The molecule has 4 heteroatoms. The number of methoxy groups -OCH3 is 1. The molecule has 198 valence electrons. The van der Waals surface area contributed by atoms with Crippen LogP contribution in [0.25, 0.3) is 10.9 Å². The maximum Gasteiger partial charge on any atom is 0.231 e. The topological polar surface area (TPSA) is 34.5 Å². The molecule has 0 saturated heterocycles. The molecule has 0 atom stereocenters. The van der Waals surface area contributed by atoms with E-state index < -0.39 is 0 Å². The summed E-state index contributed by atoms with van der Waals surface area (Å²) in [4.78, 5) is 15.2. The van der Waals surface area contributed by atoms with Crippen LogP contribution in [0, 0.1) is 0 Å². The summed E-state index contributed by atoms with van der Waals surface area (Å²) in [6.07, 6.45) is 23.8. The number of fused-ring (bicyclic) bond motifs is 1. The lowest BCUT2D eigenvalue weighted by Gasteiger charge is -2.08. The Morgan fingerprint density at radius 2 is 1.37 bits per heavy atom. The van der Waals surface area contributed by atoms with E-state index in [2.05, 4.69) is 38.2 Å². The lowest BCUT2D eigenvalue weighted by molar-refractivity contribution is 0.0904. The van der Waals surface area contributed by atoms with E-state index in [9.17, 15) is 4.79 Å². The fourth-order valence-electron chi connectivity index (χ4n) is 4.92. The predicted octanol–water partition coefficient (Wildman–Crippen LogP) is 8.66. The number of aromatic nitrogens is 1. The molecule has 1 heterocycles. The van der Waals surface area contributed by atoms with Crippen molar-refractivity contribution >= 4 is 16.8 Å². The largest absolute Gasteiger partial charge is 0.497 e. The van der Waals surface area contributed by atoms with Gasteiger partial charge in [0, 0.05) is 24.5 Å². The SMILES string of the molecule is CCCCCCCCCCCCCCCCCC(=O)n1cc(CCN(C)C)c2cc(OC)ccc21. The highest BCUT2D eigenvalue weighted by atomic mass is 16.5. The molecule has 0 radical (unpaired) electrons. The van der Waals surface area contributed by atoms with Crippen LogP contribution < -0.4 is 4.74 Å². The summed E-state index contributed by atoms with van der Waals surface area (Å²) in [7, 11) is 5.86. The standard InChI is InChI=1S/C31H52N2O2/c1-5-6-7-8-9-10-11-12-13-14-15-16-17-18-19-20-31(34)33-26-27(23-24-32(2)3)29-25-28(35-4)21-22-30(29)33/h21-22,25-26H,5-20,23-24H2,1-4H3. The minimum absolute atomic E-state index is 0.214. The zero-order chi connectivity index (χ0) is 25.3. The summed E-state index contributed by atoms with van der Waals surface area (Å²) in [5.41, 5.74) is 2.22. The van der Waals surface area contributed by atoms with E-state index in [0.717, 1.165) is 42.5 Å². The maximum absolute atomic E-state index is 13.0. The number of benzene rings is 1. The average molecular weight is 485 g/mol. The van der Waals surface area contributed by atoms with E-state index >= 15 is 0 Å². The van der Waals surface area contributed by atoms with E-state index in [1.165, 1.54) is 89.0 Å². The van der Waals surface area contributed by atoms with Crippen LogP contribution in [-0.2, 0) is 6.42 Å². The summed E-state index contributed by atoms with van der Waals surface area (Å²) in [5, 5.41) is 1.14. The third-order valence-electron chi connectivity index (χ3n) is 7.19. The first-order valence-electron chi connectivity index (χ1n) is 14.4. The highest BCUT2D eigenvalue weighted by Crippen LogP contribution is 2.27. The molecule has 0 fully saturated rings. The van der Waals surface area contributed by atoms with Gasteiger partial charge in [0.25, 0.3) is 0 Å². The maximum atomic E-state index is 13.0. The molecule has 0 unspecified atom stereocenters. The Labute approximate surface area is 215 Å². The molecule has 1 aromatic heterocycles. The third kappa shape index (κ3) is 11.2. The van der Waals surface area contributed by atoms with Gasteiger partial charge < -0.3 is 9.64 Å². The van der Waals surface area contributed by atoms with Gasteiger partial charge in [0.05, 0.1) is 12.6 Å². The number of carbonyl (C=O) groups excluding carboxylic acids is 1. The molecule has 0 aliphatic heterocycles. The third-order valence-corrected chi connectivity index (χ3v) is 7.19. The highest BCUT2D eigenvalue weighted by Gasteiger charge is 2.14. The molecular formula is C31H52N2O2. The minimum Gasteiger partial charge on any atom is -0.497 e. The molecule has 35 heavy (non-hydrogen) atoms. The molecule has 1 aromatic carbocycles. The summed E-state index contributed by atoms with van der Waals surface area (Å²) in [5.74, 6) is 1.06. The van der Waals surface area contributed by atoms with Crippen molar-refractivity contribution in [1.82, 2.24) is 9.47 Å². The zero-order valence-corrected chi connectivity index (χ0v) is 23.2. The number of rotatable bonds is 20. The molecule has 2 rings (SSSR count). The van der Waals surface area contributed by atoms with Gasteiger partial charge in [-0.05, 0) is 50.7 Å². The van der Waals surface area contributed by atoms with Crippen molar-refractivity contribution in [3.05, 3.63) is 30.0 Å². The number of hydrogen-bond donors (Lipinski definition) is 0. The average Bonchev–Trinajstić information content (AvgIpc) is 3.22. The van der Waals surface area contributed by atoms with Gasteiger partial charge in [-0.15, -0.1) is 0 Å². The number of nitrogens with zero attached hydrogens (tertiary/aromatic N) is 2. The van der Waals surface area contributed by atoms with E-state index in [-0.39, 0.29) is 5.91 Å². The van der Waals surface area contributed by atoms with Crippen LogP contribution in [0.2, 0.25) is 0 Å². The molecule has 4 nitrogen and oxygen atoms in total. The fourth-order valence-corrected chi connectivity index (χ4v) is 4.92. The van der Waals surface area contributed by atoms with Crippen LogP contribution in [0.1, 0.15) is 120 Å². The highest BCUT2D eigenvalue weighted by molar-refractivity contribution is 5.95. The van der Waals surface area contributed by atoms with Gasteiger partial charge in [0.1, 0.15) is 5.75 Å². The summed E-state index contributed by atoms with van der Waals surface area (Å²) < 4.78 is 7.31. The van der Waals surface area contributed by atoms with Crippen molar-refractivity contribution in [3.63, 3.8) is 0 Å². The van der Waals surface area contributed by atoms with Crippen molar-refractivity contribution in [1.29, 1.82) is 0 Å². The second-order valence-electron chi connectivity index (χ2n) is 10.6. The smallest absolute Gasteiger partial charge is 0.231 e. The van der Waals surface area contributed by atoms with Gasteiger partial charge in [0.15, 0.2) is 0 Å². The summed E-state index contributed by atoms with van der Waals surface area (Å²) in [6, 6.07) is 6.05. The molecule has 0 bridgehead atoms. The van der Waals surface area contributed by atoms with Gasteiger partial charge in [-0.2, -0.15) is 0 Å². The van der Waals surface area contributed by atoms with Crippen molar-refractivity contribution in [2.75, 3.05) is 27.7 Å². The minimum atomic E-state index is 0.214. The molecular weight excluding hydrogens is 432 g/mol. The van der Waals surface area contributed by atoms with Gasteiger partial charge in [-0.25, -0.2) is 0 Å². The monoisotopic (exact) mass is 484 g/mol. The van der Waals surface area contributed by atoms with Crippen LogP contribution in [0.3, 0.4) is 0 Å². The molecule has 2 aromatic rings. The first-order valence-corrected chi connectivity index (χ1v) is 14.4. The van der Waals surface area contributed by atoms with Gasteiger partial charge in [-0.1, -0.05) is 96.8 Å². The predicted molar refractivity (Wildman–Crippen MR) is 151 cm³/mol. The molecule has 0 N–H and O–H groups in total. The van der Waals surface area contributed by atoms with Crippen LogP contribution in [0.4, 0.5) is 0 Å². The second kappa shape index (κ2) is 17.6. The van der Waals surface area contributed by atoms with Gasteiger partial charge in [-0.3, -0.25) is 9.36 Å². The Morgan fingerprint density at radius 3 is 1.89 bits per heavy atom. The molecule has 0 spiro atoms. The Kier molecular flexibility index (Phi) is 14.8. The quantitative estimate of drug-likeness (QED) is 0.176. The Morgan fingerprint density at radius 1 is 0.829 bits per heavy atom. The Bertz CT molecular complexity index is 840. The van der Waals surface area contributed by atoms with Crippen molar-refractivity contribution in [2.45, 2.75) is 116 Å². The first-order chi connectivity index (χ1) is 17.1. The second-order valence-corrected chi connectivity index (χ2v) is 10.6. The van der Waals surface area contributed by atoms with E-state index in [1.54, 1.807) is 7.11 Å². The zero-order valence-electron chi connectivity index (χ0n) is 23.2. The van der Waals surface area contributed by atoms with Gasteiger partial charge in [0.2, 0.25) is 5.91 Å². The summed E-state index contributed by atoms with van der Waals surface area (Å²) in [6.45, 7) is 3.25. The Hall–Kier alpha value is -1.81.